The lowest BCUT2D eigenvalue weighted by Gasteiger charge is -2.05. The SMILES string of the molecule is CCc1nn(C)c(C(=O)Nc2nnc(C)c(C)n2)c1N. The summed E-state index contributed by atoms with van der Waals surface area (Å²) in [6, 6.07) is 0. The summed E-state index contributed by atoms with van der Waals surface area (Å²) in [6.45, 7) is 5.53. The number of aromatic nitrogens is 5. The van der Waals surface area contributed by atoms with E-state index in [9.17, 15) is 4.79 Å². The number of carbonyl (C=O) groups excluding carboxylic acids is 1. The van der Waals surface area contributed by atoms with Crippen LogP contribution in [0.15, 0.2) is 0 Å². The Morgan fingerprint density at radius 3 is 2.55 bits per heavy atom. The molecule has 2 rings (SSSR count). The standard InChI is InChI=1S/C12H17N7O/c1-5-8-9(13)10(19(4)18-8)11(20)15-12-14-6(2)7(3)16-17-12/h5,13H2,1-4H3,(H,14,15,17,20). The number of hydrogen-bond donors (Lipinski definition) is 2. The molecule has 20 heavy (non-hydrogen) atoms. The van der Waals surface area contributed by atoms with Crippen LogP contribution >= 0.6 is 0 Å². The maximum absolute atomic E-state index is 12.2. The fourth-order valence-electron chi connectivity index (χ4n) is 1.80. The average Bonchev–Trinajstić information content (AvgIpc) is 2.68. The minimum Gasteiger partial charge on any atom is -0.395 e. The molecule has 0 aliphatic heterocycles. The van der Waals surface area contributed by atoms with Crippen molar-refractivity contribution in [2.75, 3.05) is 11.1 Å². The molecule has 3 N–H and O–H groups in total. The van der Waals surface area contributed by atoms with Gasteiger partial charge >= 0.3 is 0 Å². The summed E-state index contributed by atoms with van der Waals surface area (Å²) in [7, 11) is 1.67. The molecule has 0 saturated carbocycles. The summed E-state index contributed by atoms with van der Waals surface area (Å²) in [5, 5.41) is 14.5. The van der Waals surface area contributed by atoms with Crippen molar-refractivity contribution < 1.29 is 4.79 Å². The Bertz CT molecular complexity index is 662. The molecule has 8 nitrogen and oxygen atoms in total. The molecular weight excluding hydrogens is 258 g/mol. The third kappa shape index (κ3) is 2.44. The molecule has 2 heterocycles. The van der Waals surface area contributed by atoms with Crippen LogP contribution in [0.2, 0.25) is 0 Å². The molecule has 1 amide bonds. The summed E-state index contributed by atoms with van der Waals surface area (Å²) < 4.78 is 1.46. The highest BCUT2D eigenvalue weighted by atomic mass is 16.2. The van der Waals surface area contributed by atoms with Gasteiger partial charge < -0.3 is 5.73 Å². The van der Waals surface area contributed by atoms with E-state index in [-0.39, 0.29) is 5.95 Å². The number of rotatable bonds is 3. The molecule has 106 valence electrons. The number of aryl methyl sites for hydroxylation is 4. The minimum absolute atomic E-state index is 0.150. The van der Waals surface area contributed by atoms with Crippen LogP contribution in [0, 0.1) is 13.8 Å². The Morgan fingerprint density at radius 1 is 1.30 bits per heavy atom. The molecule has 0 bridgehead atoms. The van der Waals surface area contributed by atoms with Gasteiger partial charge in [-0.3, -0.25) is 14.8 Å². The summed E-state index contributed by atoms with van der Waals surface area (Å²) in [6.07, 6.45) is 0.661. The molecule has 0 aliphatic rings. The fourth-order valence-corrected chi connectivity index (χ4v) is 1.80. The van der Waals surface area contributed by atoms with Crippen molar-refractivity contribution in [3.8, 4) is 0 Å². The molecule has 0 atom stereocenters. The second kappa shape index (κ2) is 5.24. The van der Waals surface area contributed by atoms with E-state index in [1.807, 2.05) is 6.92 Å². The molecule has 0 fully saturated rings. The van der Waals surface area contributed by atoms with Gasteiger partial charge in [0.2, 0.25) is 5.95 Å². The molecule has 0 saturated heterocycles. The van der Waals surface area contributed by atoms with Crippen molar-refractivity contribution in [2.24, 2.45) is 7.05 Å². The number of carbonyl (C=O) groups is 1. The molecule has 0 unspecified atom stereocenters. The number of nitrogens with one attached hydrogen (secondary N) is 1. The van der Waals surface area contributed by atoms with E-state index in [0.717, 1.165) is 5.69 Å². The van der Waals surface area contributed by atoms with Gasteiger partial charge in [0.15, 0.2) is 0 Å². The Morgan fingerprint density at radius 2 is 2.00 bits per heavy atom. The predicted octanol–water partition coefficient (Wildman–Crippen LogP) is 0.619. The lowest BCUT2D eigenvalue weighted by atomic mass is 10.2. The molecule has 0 radical (unpaired) electrons. The van der Waals surface area contributed by atoms with Gasteiger partial charge in [-0.25, -0.2) is 4.98 Å². The van der Waals surface area contributed by atoms with Crippen LogP contribution in [-0.2, 0) is 13.5 Å². The van der Waals surface area contributed by atoms with Crippen LogP contribution in [0.4, 0.5) is 11.6 Å². The number of hydrogen-bond acceptors (Lipinski definition) is 6. The van der Waals surface area contributed by atoms with Crippen LogP contribution in [0.3, 0.4) is 0 Å². The maximum Gasteiger partial charge on any atom is 0.278 e. The monoisotopic (exact) mass is 275 g/mol. The van der Waals surface area contributed by atoms with Gasteiger partial charge in [-0.15, -0.1) is 5.10 Å². The van der Waals surface area contributed by atoms with Gasteiger partial charge in [-0.2, -0.15) is 10.2 Å². The predicted molar refractivity (Wildman–Crippen MR) is 74.3 cm³/mol. The molecule has 0 aromatic carbocycles. The van der Waals surface area contributed by atoms with Gasteiger partial charge in [0.05, 0.1) is 22.8 Å². The summed E-state index contributed by atoms with van der Waals surface area (Å²) >= 11 is 0. The molecule has 2 aromatic rings. The highest BCUT2D eigenvalue weighted by Gasteiger charge is 2.20. The fraction of sp³-hybridized carbons (Fsp3) is 0.417. The van der Waals surface area contributed by atoms with Crippen LogP contribution in [-0.4, -0.2) is 30.9 Å². The zero-order valence-electron chi connectivity index (χ0n) is 11.9. The van der Waals surface area contributed by atoms with E-state index in [1.165, 1.54) is 4.68 Å². The Balaban J connectivity index is 2.28. The maximum atomic E-state index is 12.2. The first-order valence-corrected chi connectivity index (χ1v) is 6.24. The van der Waals surface area contributed by atoms with E-state index < -0.39 is 5.91 Å². The third-order valence-corrected chi connectivity index (χ3v) is 3.03. The molecule has 8 heteroatoms. The van der Waals surface area contributed by atoms with Gasteiger partial charge in [0.25, 0.3) is 5.91 Å². The quantitative estimate of drug-likeness (QED) is 0.849. The van der Waals surface area contributed by atoms with Crippen molar-refractivity contribution in [1.29, 1.82) is 0 Å². The van der Waals surface area contributed by atoms with Crippen molar-refractivity contribution in [3.05, 3.63) is 22.8 Å². The highest BCUT2D eigenvalue weighted by Crippen LogP contribution is 2.17. The number of amides is 1. The average molecular weight is 275 g/mol. The van der Waals surface area contributed by atoms with Gasteiger partial charge in [0.1, 0.15) is 5.69 Å². The number of nitrogen functional groups attached to an aromatic ring is 1. The minimum atomic E-state index is -0.401. The van der Waals surface area contributed by atoms with E-state index in [2.05, 4.69) is 25.6 Å². The molecule has 0 aliphatic carbocycles. The highest BCUT2D eigenvalue weighted by molar-refractivity contribution is 6.05. The van der Waals surface area contributed by atoms with Crippen LogP contribution in [0.25, 0.3) is 0 Å². The first-order chi connectivity index (χ1) is 9.43. The topological polar surface area (TPSA) is 112 Å². The Hall–Kier alpha value is -2.51. The molecule has 0 spiro atoms. The molecular formula is C12H17N7O. The summed E-state index contributed by atoms with van der Waals surface area (Å²) in [4.78, 5) is 16.4. The van der Waals surface area contributed by atoms with E-state index in [0.29, 0.717) is 29.2 Å². The zero-order chi connectivity index (χ0) is 14.9. The lowest BCUT2D eigenvalue weighted by molar-refractivity contribution is 0.101. The van der Waals surface area contributed by atoms with Crippen LogP contribution in [0.1, 0.15) is 34.5 Å². The lowest BCUT2D eigenvalue weighted by Crippen LogP contribution is -2.20. The Kier molecular flexibility index (Phi) is 3.64. The van der Waals surface area contributed by atoms with E-state index in [1.54, 1.807) is 20.9 Å². The smallest absolute Gasteiger partial charge is 0.278 e. The van der Waals surface area contributed by atoms with Crippen LogP contribution < -0.4 is 11.1 Å². The van der Waals surface area contributed by atoms with E-state index >= 15 is 0 Å². The van der Waals surface area contributed by atoms with Crippen molar-refractivity contribution in [3.63, 3.8) is 0 Å². The largest absolute Gasteiger partial charge is 0.395 e. The number of nitrogens with zero attached hydrogens (tertiary/aromatic N) is 5. The Labute approximate surface area is 116 Å². The van der Waals surface area contributed by atoms with Crippen LogP contribution in [0.5, 0.6) is 0 Å². The third-order valence-electron chi connectivity index (χ3n) is 3.03. The number of nitrogens with two attached hydrogens (primary N) is 1. The van der Waals surface area contributed by atoms with E-state index in [4.69, 9.17) is 5.73 Å². The van der Waals surface area contributed by atoms with Crippen molar-refractivity contribution in [1.82, 2.24) is 25.0 Å². The van der Waals surface area contributed by atoms with Gasteiger partial charge in [0, 0.05) is 7.05 Å². The first-order valence-electron chi connectivity index (χ1n) is 6.24. The zero-order valence-corrected chi connectivity index (χ0v) is 11.9. The summed E-state index contributed by atoms with van der Waals surface area (Å²) in [5.74, 6) is -0.251. The van der Waals surface area contributed by atoms with Gasteiger partial charge in [-0.05, 0) is 20.3 Å². The molecule has 2 aromatic heterocycles. The second-order valence-corrected chi connectivity index (χ2v) is 4.45. The van der Waals surface area contributed by atoms with Crippen molar-refractivity contribution >= 4 is 17.5 Å². The first kappa shape index (κ1) is 13.9. The normalized spacial score (nSPS) is 10.6. The second-order valence-electron chi connectivity index (χ2n) is 4.45. The van der Waals surface area contributed by atoms with Crippen molar-refractivity contribution in [2.45, 2.75) is 27.2 Å². The number of anilines is 2. The van der Waals surface area contributed by atoms with Gasteiger partial charge in [-0.1, -0.05) is 6.92 Å². The summed E-state index contributed by atoms with van der Waals surface area (Å²) in [5.41, 5.74) is 8.72.